The number of fused-ring (bicyclic) bond motifs is 3. The average molecular weight is 487 g/mol. The number of alkyl carbamates (subject to hydrolysis) is 1. The highest BCUT2D eigenvalue weighted by Crippen LogP contribution is 2.44. The monoisotopic (exact) mass is 486 g/mol. The Balaban J connectivity index is 1.30. The van der Waals surface area contributed by atoms with Crippen molar-refractivity contribution in [3.05, 3.63) is 59.7 Å². The van der Waals surface area contributed by atoms with Crippen LogP contribution in [0.15, 0.2) is 48.5 Å². The topological polar surface area (TPSA) is 105 Å². The number of carbonyl (C=O) groups excluding carboxylic acids is 2. The number of aliphatic carboxylic acids is 1. The molecule has 2 aromatic rings. The van der Waals surface area contributed by atoms with Gasteiger partial charge in [0.05, 0.1) is 12.3 Å². The van der Waals surface area contributed by atoms with Gasteiger partial charge in [0.2, 0.25) is 5.91 Å². The van der Waals surface area contributed by atoms with Gasteiger partial charge in [0.1, 0.15) is 12.6 Å². The summed E-state index contributed by atoms with van der Waals surface area (Å²) in [7, 11) is 0. The number of ether oxygens (including phenoxy) is 1. The second-order valence-electron chi connectivity index (χ2n) is 9.05. The molecule has 2 aliphatic rings. The van der Waals surface area contributed by atoms with E-state index < -0.39 is 42.8 Å². The Morgan fingerprint density at radius 2 is 1.63 bits per heavy atom. The van der Waals surface area contributed by atoms with Gasteiger partial charge >= 0.3 is 12.1 Å². The first-order valence-corrected chi connectivity index (χ1v) is 11.7. The summed E-state index contributed by atoms with van der Waals surface area (Å²) in [5.74, 6) is -2.57. The molecule has 4 rings (SSSR count). The zero-order chi connectivity index (χ0) is 24.9. The van der Waals surface area contributed by atoms with Crippen LogP contribution in [0.4, 0.5) is 13.6 Å². The van der Waals surface area contributed by atoms with Gasteiger partial charge in [-0.05, 0) is 41.0 Å². The number of hydrogen-bond acceptors (Lipinski definition) is 4. The molecule has 2 aliphatic carbocycles. The first-order valence-electron chi connectivity index (χ1n) is 11.7. The van der Waals surface area contributed by atoms with Crippen molar-refractivity contribution in [2.45, 2.75) is 44.1 Å². The van der Waals surface area contributed by atoms with Crippen LogP contribution in [0.25, 0.3) is 11.1 Å². The number of nitrogens with one attached hydrogen (secondary N) is 2. The molecule has 9 heteroatoms. The highest BCUT2D eigenvalue weighted by molar-refractivity contribution is 5.80. The van der Waals surface area contributed by atoms with E-state index in [-0.39, 0.29) is 25.0 Å². The Hall–Kier alpha value is -3.49. The van der Waals surface area contributed by atoms with Crippen molar-refractivity contribution in [1.29, 1.82) is 0 Å². The quantitative estimate of drug-likeness (QED) is 0.494. The third-order valence-corrected chi connectivity index (χ3v) is 6.89. The van der Waals surface area contributed by atoms with E-state index in [2.05, 4.69) is 10.6 Å². The standard InChI is InChI=1S/C26H28F2N2O5/c27-24(28)22(12-23(31)29-13-15-6-5-11-16(15)25(32)33)30-26(34)35-14-21-19-9-3-1-7-17(19)18-8-2-4-10-20(18)21/h1-4,7-10,15-16,21-22,24H,5-6,11-14H2,(H,29,31)(H,30,34)(H,32,33)/t15-,16-,22?/m0/s1. The predicted octanol–water partition coefficient (Wildman–Crippen LogP) is 4.17. The second kappa shape index (κ2) is 10.8. The summed E-state index contributed by atoms with van der Waals surface area (Å²) in [6, 6.07) is 13.8. The predicted molar refractivity (Wildman–Crippen MR) is 124 cm³/mol. The van der Waals surface area contributed by atoms with E-state index in [1.807, 2.05) is 48.5 Å². The molecule has 0 spiro atoms. The molecular formula is C26H28F2N2O5. The van der Waals surface area contributed by atoms with Crippen LogP contribution in [0.2, 0.25) is 0 Å². The van der Waals surface area contributed by atoms with Crippen LogP contribution in [0.5, 0.6) is 0 Å². The largest absolute Gasteiger partial charge is 0.481 e. The number of benzene rings is 2. The van der Waals surface area contributed by atoms with Gasteiger partial charge < -0.3 is 20.5 Å². The maximum atomic E-state index is 13.5. The minimum absolute atomic E-state index is 0.0275. The maximum absolute atomic E-state index is 13.5. The average Bonchev–Trinajstić information content (AvgIpc) is 3.44. The molecule has 1 saturated carbocycles. The van der Waals surface area contributed by atoms with Gasteiger partial charge in [-0.1, -0.05) is 55.0 Å². The van der Waals surface area contributed by atoms with Crippen molar-refractivity contribution in [2.24, 2.45) is 11.8 Å². The number of carboxylic acid groups (broad SMARTS) is 1. The lowest BCUT2D eigenvalue weighted by Gasteiger charge is -2.20. The summed E-state index contributed by atoms with van der Waals surface area (Å²) in [5.41, 5.74) is 4.09. The van der Waals surface area contributed by atoms with Crippen LogP contribution in [0, 0.1) is 11.8 Å². The van der Waals surface area contributed by atoms with Gasteiger partial charge in [-0.3, -0.25) is 9.59 Å². The highest BCUT2D eigenvalue weighted by Gasteiger charge is 2.34. The zero-order valence-electron chi connectivity index (χ0n) is 19.1. The molecule has 1 unspecified atom stereocenters. The Labute approximate surface area is 201 Å². The SMILES string of the molecule is O=C(CC(NC(=O)OCC1c2ccccc2-c2ccccc21)C(F)F)NC[C@@H]1CCC[C@@H]1C(=O)O. The molecule has 7 nitrogen and oxygen atoms in total. The van der Waals surface area contributed by atoms with Gasteiger partial charge in [-0.15, -0.1) is 0 Å². The lowest BCUT2D eigenvalue weighted by Crippen LogP contribution is -2.44. The molecule has 2 aromatic carbocycles. The number of alkyl halides is 2. The number of carboxylic acids is 1. The van der Waals surface area contributed by atoms with E-state index in [1.165, 1.54) is 0 Å². The van der Waals surface area contributed by atoms with Crippen molar-refractivity contribution >= 4 is 18.0 Å². The molecule has 0 heterocycles. The van der Waals surface area contributed by atoms with E-state index in [0.29, 0.717) is 12.8 Å². The third-order valence-electron chi connectivity index (χ3n) is 6.89. The van der Waals surface area contributed by atoms with Crippen molar-refractivity contribution in [1.82, 2.24) is 10.6 Å². The highest BCUT2D eigenvalue weighted by atomic mass is 19.3. The first-order chi connectivity index (χ1) is 16.8. The maximum Gasteiger partial charge on any atom is 0.407 e. The third kappa shape index (κ3) is 5.61. The van der Waals surface area contributed by atoms with Gasteiger partial charge in [0.15, 0.2) is 0 Å². The first kappa shape index (κ1) is 24.6. The van der Waals surface area contributed by atoms with Crippen LogP contribution in [-0.4, -0.2) is 48.7 Å². The number of hydrogen-bond donors (Lipinski definition) is 3. The van der Waals surface area contributed by atoms with Gasteiger partial charge in [-0.2, -0.15) is 0 Å². The molecule has 0 radical (unpaired) electrons. The van der Waals surface area contributed by atoms with Crippen molar-refractivity contribution < 1.29 is 33.0 Å². The van der Waals surface area contributed by atoms with Crippen LogP contribution < -0.4 is 10.6 Å². The fraction of sp³-hybridized carbons (Fsp3) is 0.423. The molecule has 35 heavy (non-hydrogen) atoms. The summed E-state index contributed by atoms with van der Waals surface area (Å²) in [6.45, 7) is 0.0803. The lowest BCUT2D eigenvalue weighted by molar-refractivity contribution is -0.143. The van der Waals surface area contributed by atoms with Crippen molar-refractivity contribution in [2.75, 3.05) is 13.2 Å². The van der Waals surface area contributed by atoms with Gasteiger partial charge in [-0.25, -0.2) is 13.6 Å². The minimum Gasteiger partial charge on any atom is -0.481 e. The lowest BCUT2D eigenvalue weighted by atomic mass is 9.96. The smallest absolute Gasteiger partial charge is 0.407 e. The summed E-state index contributed by atoms with van der Waals surface area (Å²) < 4.78 is 32.4. The molecule has 2 amide bonds. The number of halogens is 2. The van der Waals surface area contributed by atoms with Gasteiger partial charge in [0.25, 0.3) is 6.43 Å². The molecule has 1 fully saturated rings. The fourth-order valence-corrected chi connectivity index (χ4v) is 5.12. The normalized spacial score (nSPS) is 19.6. The summed E-state index contributed by atoms with van der Waals surface area (Å²) in [4.78, 5) is 35.8. The van der Waals surface area contributed by atoms with Crippen LogP contribution in [0.3, 0.4) is 0 Å². The van der Waals surface area contributed by atoms with E-state index in [9.17, 15) is 28.3 Å². The minimum atomic E-state index is -2.97. The Morgan fingerprint density at radius 3 is 2.23 bits per heavy atom. The molecule has 0 bridgehead atoms. The van der Waals surface area contributed by atoms with E-state index in [0.717, 1.165) is 28.7 Å². The summed E-state index contributed by atoms with van der Waals surface area (Å²) in [5, 5.41) is 13.9. The summed E-state index contributed by atoms with van der Waals surface area (Å²) >= 11 is 0. The number of amides is 2. The number of rotatable bonds is 9. The van der Waals surface area contributed by atoms with E-state index in [4.69, 9.17) is 4.74 Å². The Morgan fingerprint density at radius 1 is 1.00 bits per heavy atom. The van der Waals surface area contributed by atoms with Crippen molar-refractivity contribution in [3.63, 3.8) is 0 Å². The summed E-state index contributed by atoms with van der Waals surface area (Å²) in [6.07, 6.45) is -2.68. The van der Waals surface area contributed by atoms with E-state index >= 15 is 0 Å². The Bertz CT molecular complexity index is 1050. The van der Waals surface area contributed by atoms with Gasteiger partial charge in [0, 0.05) is 12.5 Å². The van der Waals surface area contributed by atoms with Crippen LogP contribution >= 0.6 is 0 Å². The fourth-order valence-electron chi connectivity index (χ4n) is 5.12. The second-order valence-corrected chi connectivity index (χ2v) is 9.05. The molecule has 3 atom stereocenters. The van der Waals surface area contributed by atoms with Crippen LogP contribution in [-0.2, 0) is 14.3 Å². The van der Waals surface area contributed by atoms with E-state index in [1.54, 1.807) is 0 Å². The molecule has 0 aromatic heterocycles. The molecule has 3 N–H and O–H groups in total. The molecule has 0 saturated heterocycles. The molecular weight excluding hydrogens is 458 g/mol. The zero-order valence-corrected chi connectivity index (χ0v) is 19.1. The van der Waals surface area contributed by atoms with Crippen LogP contribution in [0.1, 0.15) is 42.7 Å². The molecule has 186 valence electrons. The number of carbonyl (C=O) groups is 3. The molecule has 0 aliphatic heterocycles. The Kier molecular flexibility index (Phi) is 7.63. The van der Waals surface area contributed by atoms with Crippen molar-refractivity contribution in [3.8, 4) is 11.1 Å².